The minimum absolute atomic E-state index is 0.824. The summed E-state index contributed by atoms with van der Waals surface area (Å²) in [7, 11) is 0. The zero-order chi connectivity index (χ0) is 14.4. The number of halogens is 1. The van der Waals surface area contributed by atoms with Crippen molar-refractivity contribution in [3.05, 3.63) is 58.6 Å². The number of aryl methyl sites for hydroxylation is 1. The van der Waals surface area contributed by atoms with Crippen molar-refractivity contribution in [3.8, 4) is 11.1 Å². The lowest BCUT2D eigenvalue weighted by molar-refractivity contribution is 0.727. The molecule has 1 N–H and O–H groups in total. The van der Waals surface area contributed by atoms with Crippen LogP contribution in [0.15, 0.2) is 42.5 Å². The summed E-state index contributed by atoms with van der Waals surface area (Å²) in [6.45, 7) is 6.08. The molecular weight excluding hydrogens is 266 g/mol. The van der Waals surface area contributed by atoms with Gasteiger partial charge >= 0.3 is 0 Å². The van der Waals surface area contributed by atoms with Crippen molar-refractivity contribution in [2.45, 2.75) is 33.2 Å². The van der Waals surface area contributed by atoms with Crippen molar-refractivity contribution in [3.63, 3.8) is 0 Å². The molecule has 2 rings (SSSR count). The Morgan fingerprint density at radius 2 is 1.65 bits per heavy atom. The molecule has 0 atom stereocenters. The molecule has 0 heterocycles. The van der Waals surface area contributed by atoms with Gasteiger partial charge in [-0.25, -0.2) is 0 Å². The summed E-state index contributed by atoms with van der Waals surface area (Å²) in [4.78, 5) is 0. The van der Waals surface area contributed by atoms with E-state index in [0.717, 1.165) is 30.1 Å². The van der Waals surface area contributed by atoms with Gasteiger partial charge < -0.3 is 5.32 Å². The Kier molecular flexibility index (Phi) is 5.63. The molecule has 0 saturated carbocycles. The highest BCUT2D eigenvalue weighted by atomic mass is 35.5. The van der Waals surface area contributed by atoms with Gasteiger partial charge in [-0.05, 0) is 41.3 Å². The van der Waals surface area contributed by atoms with Crippen LogP contribution in [0.1, 0.15) is 31.4 Å². The number of hydrogen-bond donors (Lipinski definition) is 1. The summed E-state index contributed by atoms with van der Waals surface area (Å²) >= 11 is 6.36. The Bertz CT molecular complexity index is 546. The Morgan fingerprint density at radius 3 is 2.25 bits per heavy atom. The van der Waals surface area contributed by atoms with Gasteiger partial charge in [-0.15, -0.1) is 0 Å². The predicted molar refractivity (Wildman–Crippen MR) is 88.3 cm³/mol. The van der Waals surface area contributed by atoms with Crippen LogP contribution in [0.3, 0.4) is 0 Å². The summed E-state index contributed by atoms with van der Waals surface area (Å²) in [5.74, 6) is 0. The van der Waals surface area contributed by atoms with Gasteiger partial charge in [-0.2, -0.15) is 0 Å². The van der Waals surface area contributed by atoms with Gasteiger partial charge in [-0.1, -0.05) is 68.3 Å². The predicted octanol–water partition coefficient (Wildman–Crippen LogP) is 5.07. The highest BCUT2D eigenvalue weighted by Crippen LogP contribution is 2.26. The van der Waals surface area contributed by atoms with Crippen LogP contribution in [0.4, 0.5) is 0 Å². The van der Waals surface area contributed by atoms with Crippen LogP contribution < -0.4 is 5.32 Å². The third-order valence-electron chi connectivity index (χ3n) is 3.44. The van der Waals surface area contributed by atoms with Crippen LogP contribution in [0.25, 0.3) is 11.1 Å². The minimum Gasteiger partial charge on any atom is -0.313 e. The maximum Gasteiger partial charge on any atom is 0.0457 e. The first-order chi connectivity index (χ1) is 9.74. The molecule has 2 aromatic carbocycles. The van der Waals surface area contributed by atoms with Crippen LogP contribution in [0.2, 0.25) is 5.02 Å². The molecule has 0 saturated heterocycles. The maximum absolute atomic E-state index is 6.36. The summed E-state index contributed by atoms with van der Waals surface area (Å²) in [6.07, 6.45) is 2.33. The highest BCUT2D eigenvalue weighted by Gasteiger charge is 2.03. The van der Waals surface area contributed by atoms with Crippen molar-refractivity contribution in [2.75, 3.05) is 6.54 Å². The number of hydrogen-bond acceptors (Lipinski definition) is 1. The lowest BCUT2D eigenvalue weighted by atomic mass is 10.0. The Hall–Kier alpha value is -1.31. The van der Waals surface area contributed by atoms with Crippen molar-refractivity contribution in [1.82, 2.24) is 5.32 Å². The quantitative estimate of drug-likeness (QED) is 0.782. The smallest absolute Gasteiger partial charge is 0.0457 e. The van der Waals surface area contributed by atoms with Gasteiger partial charge in [0.1, 0.15) is 0 Å². The summed E-state index contributed by atoms with van der Waals surface area (Å²) in [5.41, 5.74) is 4.95. The van der Waals surface area contributed by atoms with Gasteiger partial charge in [0.2, 0.25) is 0 Å². The number of benzene rings is 2. The average Bonchev–Trinajstić information content (AvgIpc) is 2.47. The van der Waals surface area contributed by atoms with Crippen LogP contribution >= 0.6 is 11.6 Å². The van der Waals surface area contributed by atoms with Gasteiger partial charge in [-0.3, -0.25) is 0 Å². The SMILES string of the molecule is CCCc1ccc(-c2ccc(CNCC)c(Cl)c2)cc1. The van der Waals surface area contributed by atoms with Crippen LogP contribution in [-0.4, -0.2) is 6.54 Å². The van der Waals surface area contributed by atoms with Crippen molar-refractivity contribution >= 4 is 11.6 Å². The molecule has 1 nitrogen and oxygen atoms in total. The van der Waals surface area contributed by atoms with Crippen molar-refractivity contribution in [2.24, 2.45) is 0 Å². The van der Waals surface area contributed by atoms with Crippen molar-refractivity contribution in [1.29, 1.82) is 0 Å². The standard InChI is InChI=1S/C18H22ClN/c1-3-5-14-6-8-15(9-7-14)16-10-11-17(13-20-4-2)18(19)12-16/h6-12,20H,3-5,13H2,1-2H3. The molecule has 0 aliphatic carbocycles. The molecule has 2 aromatic rings. The van der Waals surface area contributed by atoms with Gasteiger partial charge in [0, 0.05) is 11.6 Å². The van der Waals surface area contributed by atoms with Crippen LogP contribution in [-0.2, 0) is 13.0 Å². The van der Waals surface area contributed by atoms with Gasteiger partial charge in [0.15, 0.2) is 0 Å². The van der Waals surface area contributed by atoms with E-state index in [0.29, 0.717) is 0 Å². The molecule has 0 amide bonds. The molecule has 20 heavy (non-hydrogen) atoms. The molecule has 0 aromatic heterocycles. The second-order valence-electron chi connectivity index (χ2n) is 5.03. The second-order valence-corrected chi connectivity index (χ2v) is 5.44. The molecule has 0 fully saturated rings. The molecule has 2 heteroatoms. The normalized spacial score (nSPS) is 10.8. The Morgan fingerprint density at radius 1 is 0.950 bits per heavy atom. The van der Waals surface area contributed by atoms with Gasteiger partial charge in [0.05, 0.1) is 0 Å². The molecule has 0 bridgehead atoms. The van der Waals surface area contributed by atoms with E-state index in [4.69, 9.17) is 11.6 Å². The van der Waals surface area contributed by atoms with E-state index in [9.17, 15) is 0 Å². The molecule has 0 spiro atoms. The Balaban J connectivity index is 2.18. The molecule has 0 aliphatic rings. The highest BCUT2D eigenvalue weighted by molar-refractivity contribution is 6.31. The van der Waals surface area contributed by atoms with Crippen LogP contribution in [0, 0.1) is 0 Å². The molecule has 0 unspecified atom stereocenters. The minimum atomic E-state index is 0.824. The van der Waals surface area contributed by atoms with E-state index in [-0.39, 0.29) is 0 Å². The van der Waals surface area contributed by atoms with E-state index in [1.54, 1.807) is 0 Å². The van der Waals surface area contributed by atoms with Gasteiger partial charge in [0.25, 0.3) is 0 Å². The fourth-order valence-corrected chi connectivity index (χ4v) is 2.53. The second kappa shape index (κ2) is 7.47. The van der Waals surface area contributed by atoms with E-state index in [1.807, 2.05) is 0 Å². The average molecular weight is 288 g/mol. The van der Waals surface area contributed by atoms with Crippen LogP contribution in [0.5, 0.6) is 0 Å². The van der Waals surface area contributed by atoms with Crippen molar-refractivity contribution < 1.29 is 0 Å². The van der Waals surface area contributed by atoms with E-state index in [1.165, 1.54) is 23.1 Å². The first-order valence-electron chi connectivity index (χ1n) is 7.33. The fraction of sp³-hybridized carbons (Fsp3) is 0.333. The number of nitrogens with one attached hydrogen (secondary N) is 1. The molecule has 0 radical (unpaired) electrons. The lowest BCUT2D eigenvalue weighted by Crippen LogP contribution is -2.11. The first-order valence-corrected chi connectivity index (χ1v) is 7.70. The molecule has 106 valence electrons. The summed E-state index contributed by atoms with van der Waals surface area (Å²) < 4.78 is 0. The topological polar surface area (TPSA) is 12.0 Å². The maximum atomic E-state index is 6.36. The zero-order valence-corrected chi connectivity index (χ0v) is 13.0. The number of rotatable bonds is 6. The lowest BCUT2D eigenvalue weighted by Gasteiger charge is -2.08. The largest absolute Gasteiger partial charge is 0.313 e. The third kappa shape index (κ3) is 3.84. The fourth-order valence-electron chi connectivity index (χ4n) is 2.28. The monoisotopic (exact) mass is 287 g/mol. The summed E-state index contributed by atoms with van der Waals surface area (Å²) in [5, 5.41) is 4.14. The Labute approximate surface area is 127 Å². The summed E-state index contributed by atoms with van der Waals surface area (Å²) in [6, 6.07) is 15.1. The first kappa shape index (κ1) is 15.1. The molecule has 0 aliphatic heterocycles. The molecular formula is C18H22ClN. The van der Waals surface area contributed by atoms with E-state index >= 15 is 0 Å². The third-order valence-corrected chi connectivity index (χ3v) is 3.80. The van der Waals surface area contributed by atoms with E-state index in [2.05, 4.69) is 61.6 Å². The zero-order valence-electron chi connectivity index (χ0n) is 12.2. The van der Waals surface area contributed by atoms with E-state index < -0.39 is 0 Å².